The third-order valence-corrected chi connectivity index (χ3v) is 3.78. The normalized spacial score (nSPS) is 10.5. The van der Waals surface area contributed by atoms with Crippen LogP contribution >= 0.6 is 11.8 Å². The molecule has 0 atom stereocenters. The lowest BCUT2D eigenvalue weighted by Gasteiger charge is -2.05. The summed E-state index contributed by atoms with van der Waals surface area (Å²) in [6, 6.07) is 6.30. The van der Waals surface area contributed by atoms with Crippen molar-refractivity contribution in [1.29, 1.82) is 0 Å². The Hall–Kier alpha value is -1.82. The molecule has 0 aliphatic rings. The number of H-pyrrole nitrogens is 1. The molecule has 0 saturated carbocycles. The number of amides is 1. The Labute approximate surface area is 121 Å². The van der Waals surface area contributed by atoms with Crippen molar-refractivity contribution in [3.8, 4) is 0 Å². The number of rotatable bonds is 6. The maximum absolute atomic E-state index is 12.7. The van der Waals surface area contributed by atoms with Crippen LogP contribution in [0.15, 0.2) is 30.5 Å². The van der Waals surface area contributed by atoms with Gasteiger partial charge in [0.05, 0.1) is 11.9 Å². The van der Waals surface area contributed by atoms with Crippen molar-refractivity contribution in [3.63, 3.8) is 0 Å². The second kappa shape index (κ2) is 7.09. The van der Waals surface area contributed by atoms with Crippen LogP contribution in [0.4, 0.5) is 10.2 Å². The second-order valence-corrected chi connectivity index (χ2v) is 5.28. The van der Waals surface area contributed by atoms with Crippen LogP contribution in [0.5, 0.6) is 0 Å². The van der Waals surface area contributed by atoms with Crippen molar-refractivity contribution in [2.24, 2.45) is 0 Å². The highest BCUT2D eigenvalue weighted by atomic mass is 32.2. The molecule has 0 radical (unpaired) electrons. The first-order valence-corrected chi connectivity index (χ1v) is 7.48. The zero-order chi connectivity index (χ0) is 14.4. The molecule has 2 aromatic rings. The number of nitrogens with one attached hydrogen (secondary N) is 2. The van der Waals surface area contributed by atoms with Gasteiger partial charge >= 0.3 is 0 Å². The zero-order valence-corrected chi connectivity index (χ0v) is 12.0. The predicted molar refractivity (Wildman–Crippen MR) is 79.2 cm³/mol. The highest BCUT2D eigenvalue weighted by Gasteiger charge is 2.07. The first-order valence-electron chi connectivity index (χ1n) is 6.33. The molecule has 1 aromatic heterocycles. The number of aromatic nitrogens is 2. The van der Waals surface area contributed by atoms with Crippen molar-refractivity contribution in [3.05, 3.63) is 47.4 Å². The third kappa shape index (κ3) is 4.09. The largest absolute Gasteiger partial charge is 0.310 e. The molecule has 1 aromatic carbocycles. The number of anilines is 1. The maximum Gasteiger partial charge on any atom is 0.235 e. The molecule has 1 heterocycles. The number of nitrogens with zero attached hydrogens (tertiary/aromatic N) is 1. The van der Waals surface area contributed by atoms with Crippen LogP contribution < -0.4 is 5.32 Å². The van der Waals surface area contributed by atoms with E-state index in [9.17, 15) is 9.18 Å². The molecule has 0 aliphatic heterocycles. The molecular weight excluding hydrogens is 277 g/mol. The van der Waals surface area contributed by atoms with E-state index in [0.717, 1.165) is 17.5 Å². The minimum Gasteiger partial charge on any atom is -0.310 e. The fourth-order valence-corrected chi connectivity index (χ4v) is 2.49. The molecule has 0 aliphatic carbocycles. The Morgan fingerprint density at radius 3 is 2.85 bits per heavy atom. The highest BCUT2D eigenvalue weighted by Crippen LogP contribution is 2.15. The van der Waals surface area contributed by atoms with Crippen molar-refractivity contribution in [2.75, 3.05) is 11.1 Å². The van der Waals surface area contributed by atoms with Crippen LogP contribution in [0.3, 0.4) is 0 Å². The van der Waals surface area contributed by atoms with Crippen LogP contribution in [-0.4, -0.2) is 21.9 Å². The lowest BCUT2D eigenvalue weighted by molar-refractivity contribution is -0.113. The number of carbonyl (C=O) groups is 1. The summed E-state index contributed by atoms with van der Waals surface area (Å²) < 4.78 is 12.7. The Morgan fingerprint density at radius 1 is 1.40 bits per heavy atom. The first kappa shape index (κ1) is 14.6. The molecule has 106 valence electrons. The Balaban J connectivity index is 1.76. The number of hydrogen-bond donors (Lipinski definition) is 2. The number of carbonyl (C=O) groups excluding carboxylic acids is 1. The van der Waals surface area contributed by atoms with E-state index < -0.39 is 0 Å². The third-order valence-electron chi connectivity index (χ3n) is 2.78. The van der Waals surface area contributed by atoms with Crippen molar-refractivity contribution in [2.45, 2.75) is 19.1 Å². The number of halogens is 1. The Bertz CT molecular complexity index is 568. The predicted octanol–water partition coefficient (Wildman–Crippen LogP) is 2.98. The van der Waals surface area contributed by atoms with E-state index in [0.29, 0.717) is 17.3 Å². The smallest absolute Gasteiger partial charge is 0.235 e. The average Bonchev–Trinajstić information content (AvgIpc) is 2.88. The minimum absolute atomic E-state index is 0.0731. The average molecular weight is 293 g/mol. The number of hydrogen-bond acceptors (Lipinski definition) is 3. The van der Waals surface area contributed by atoms with Gasteiger partial charge in [0.15, 0.2) is 0 Å². The quantitative estimate of drug-likeness (QED) is 0.861. The summed E-state index contributed by atoms with van der Waals surface area (Å²) >= 11 is 1.49. The summed E-state index contributed by atoms with van der Waals surface area (Å²) in [7, 11) is 0. The van der Waals surface area contributed by atoms with E-state index in [2.05, 4.69) is 15.5 Å². The van der Waals surface area contributed by atoms with Gasteiger partial charge in [-0.05, 0) is 24.1 Å². The lowest BCUT2D eigenvalue weighted by Crippen LogP contribution is -2.15. The Kier molecular flexibility index (Phi) is 5.17. The molecule has 0 unspecified atom stereocenters. The molecule has 0 fully saturated rings. The molecule has 0 bridgehead atoms. The van der Waals surface area contributed by atoms with Gasteiger partial charge in [-0.3, -0.25) is 9.89 Å². The number of thioether (sulfide) groups is 1. The van der Waals surface area contributed by atoms with Gasteiger partial charge in [-0.25, -0.2) is 4.39 Å². The first-order chi connectivity index (χ1) is 9.69. The number of aryl methyl sites for hydroxylation is 1. The molecule has 20 heavy (non-hydrogen) atoms. The van der Waals surface area contributed by atoms with Crippen molar-refractivity contribution >= 4 is 23.5 Å². The highest BCUT2D eigenvalue weighted by molar-refractivity contribution is 7.99. The number of benzene rings is 1. The molecule has 0 saturated heterocycles. The maximum atomic E-state index is 12.7. The summed E-state index contributed by atoms with van der Waals surface area (Å²) in [5.41, 5.74) is 1.99. The SMILES string of the molecule is CCc1cn[nH]c1NC(=O)CSCc1ccc(F)cc1. The lowest BCUT2D eigenvalue weighted by atomic mass is 10.2. The van der Waals surface area contributed by atoms with E-state index in [1.807, 2.05) is 6.92 Å². The van der Waals surface area contributed by atoms with Crippen LogP contribution in [0, 0.1) is 5.82 Å². The monoisotopic (exact) mass is 293 g/mol. The van der Waals surface area contributed by atoms with E-state index in [-0.39, 0.29) is 11.7 Å². The molecule has 0 spiro atoms. The number of aromatic amines is 1. The van der Waals surface area contributed by atoms with Crippen molar-refractivity contribution < 1.29 is 9.18 Å². The summed E-state index contributed by atoms with van der Waals surface area (Å²) in [6.07, 6.45) is 2.52. The van der Waals surface area contributed by atoms with E-state index in [1.165, 1.54) is 23.9 Å². The topological polar surface area (TPSA) is 57.8 Å². The van der Waals surface area contributed by atoms with Gasteiger partial charge in [0.25, 0.3) is 0 Å². The van der Waals surface area contributed by atoms with E-state index in [4.69, 9.17) is 0 Å². The van der Waals surface area contributed by atoms with E-state index in [1.54, 1.807) is 18.3 Å². The van der Waals surface area contributed by atoms with Gasteiger partial charge < -0.3 is 5.32 Å². The molecule has 4 nitrogen and oxygen atoms in total. The molecule has 1 amide bonds. The summed E-state index contributed by atoms with van der Waals surface area (Å²) in [4.78, 5) is 11.8. The van der Waals surface area contributed by atoms with Gasteiger partial charge in [0.1, 0.15) is 11.6 Å². The minimum atomic E-state index is -0.247. The van der Waals surface area contributed by atoms with Gasteiger partial charge in [0, 0.05) is 11.3 Å². The second-order valence-electron chi connectivity index (χ2n) is 4.29. The Morgan fingerprint density at radius 2 is 2.15 bits per heavy atom. The molecule has 6 heteroatoms. The summed E-state index contributed by atoms with van der Waals surface area (Å²) in [6.45, 7) is 2.00. The van der Waals surface area contributed by atoms with Crippen LogP contribution in [0.25, 0.3) is 0 Å². The fourth-order valence-electron chi connectivity index (χ4n) is 1.71. The van der Waals surface area contributed by atoms with Crippen LogP contribution in [-0.2, 0) is 17.0 Å². The molecule has 2 rings (SSSR count). The van der Waals surface area contributed by atoms with Gasteiger partial charge in [0.2, 0.25) is 5.91 Å². The standard InChI is InChI=1S/C14H16FN3OS/c1-2-11-7-16-18-14(11)17-13(19)9-20-8-10-3-5-12(15)6-4-10/h3-7H,2,8-9H2,1H3,(H2,16,17,18,19). The molecule has 2 N–H and O–H groups in total. The van der Waals surface area contributed by atoms with Gasteiger partial charge in [-0.1, -0.05) is 19.1 Å². The zero-order valence-electron chi connectivity index (χ0n) is 11.1. The van der Waals surface area contributed by atoms with Crippen LogP contribution in [0.2, 0.25) is 0 Å². The molecular formula is C14H16FN3OS. The summed E-state index contributed by atoms with van der Waals surface area (Å²) in [5.74, 6) is 1.37. The van der Waals surface area contributed by atoms with Crippen LogP contribution in [0.1, 0.15) is 18.1 Å². The van der Waals surface area contributed by atoms with Gasteiger partial charge in [-0.2, -0.15) is 5.10 Å². The van der Waals surface area contributed by atoms with Crippen molar-refractivity contribution in [1.82, 2.24) is 10.2 Å². The fraction of sp³-hybridized carbons (Fsp3) is 0.286. The summed E-state index contributed by atoms with van der Waals surface area (Å²) in [5, 5.41) is 9.47. The van der Waals surface area contributed by atoms with E-state index >= 15 is 0 Å². The van der Waals surface area contributed by atoms with Gasteiger partial charge in [-0.15, -0.1) is 11.8 Å².